The molecule has 2 aliphatic rings. The molecule has 2 fully saturated rings. The maximum absolute atomic E-state index is 12.8. The van der Waals surface area contributed by atoms with E-state index < -0.39 is 16.7 Å². The first kappa shape index (κ1) is 27.6. The van der Waals surface area contributed by atoms with Crippen LogP contribution in [0, 0.1) is 17.0 Å². The zero-order valence-corrected chi connectivity index (χ0v) is 21.4. The minimum Gasteiger partial charge on any atom is -0.369 e. The summed E-state index contributed by atoms with van der Waals surface area (Å²) in [6.07, 6.45) is -1.50. The molecule has 4 rings (SSSR count). The van der Waals surface area contributed by atoms with Gasteiger partial charge in [-0.05, 0) is 63.1 Å². The van der Waals surface area contributed by atoms with Gasteiger partial charge in [-0.2, -0.15) is 13.2 Å². The lowest BCUT2D eigenvalue weighted by atomic mass is 10.0. The van der Waals surface area contributed by atoms with E-state index in [2.05, 4.69) is 20.1 Å². The Labute approximate surface area is 219 Å². The number of aryl methyl sites for hydroxylation is 1. The predicted octanol–water partition coefficient (Wildman–Crippen LogP) is 4.32. The Balaban J connectivity index is 1.13. The molecule has 2 aliphatic heterocycles. The molecule has 0 aliphatic carbocycles. The van der Waals surface area contributed by atoms with Gasteiger partial charge in [-0.25, -0.2) is 4.98 Å². The van der Waals surface area contributed by atoms with Gasteiger partial charge in [0.25, 0.3) is 5.69 Å². The second-order valence-electron chi connectivity index (χ2n) is 9.83. The Morgan fingerprint density at radius 3 is 2.29 bits per heavy atom. The maximum Gasteiger partial charge on any atom is 0.416 e. The van der Waals surface area contributed by atoms with Crippen LogP contribution in [0.15, 0.2) is 36.4 Å². The number of nitro groups is 1. The van der Waals surface area contributed by atoms with Crippen molar-refractivity contribution >= 4 is 23.1 Å². The zero-order chi connectivity index (χ0) is 27.3. The summed E-state index contributed by atoms with van der Waals surface area (Å²) in [7, 11) is 0. The summed E-state index contributed by atoms with van der Waals surface area (Å²) in [4.78, 5) is 33.8. The van der Waals surface area contributed by atoms with E-state index in [4.69, 9.17) is 0 Å². The van der Waals surface area contributed by atoms with Crippen molar-refractivity contribution in [3.63, 3.8) is 0 Å². The molecule has 9 nitrogen and oxygen atoms in total. The van der Waals surface area contributed by atoms with Crippen molar-refractivity contribution in [3.8, 4) is 0 Å². The summed E-state index contributed by atoms with van der Waals surface area (Å²) < 4.78 is 38.3. The Morgan fingerprint density at radius 1 is 1.05 bits per heavy atom. The van der Waals surface area contributed by atoms with Crippen LogP contribution in [-0.4, -0.2) is 77.5 Å². The predicted molar refractivity (Wildman–Crippen MR) is 138 cm³/mol. The Morgan fingerprint density at radius 2 is 1.71 bits per heavy atom. The molecule has 1 aromatic carbocycles. The van der Waals surface area contributed by atoms with Crippen molar-refractivity contribution in [2.45, 2.75) is 44.8 Å². The molecule has 1 N–H and O–H groups in total. The summed E-state index contributed by atoms with van der Waals surface area (Å²) in [5.74, 6) is 0.757. The lowest BCUT2D eigenvalue weighted by molar-refractivity contribution is -0.385. The van der Waals surface area contributed by atoms with Crippen LogP contribution in [-0.2, 0) is 11.0 Å². The van der Waals surface area contributed by atoms with Crippen molar-refractivity contribution in [3.05, 3.63) is 57.8 Å². The molecular weight excluding hydrogens is 501 g/mol. The summed E-state index contributed by atoms with van der Waals surface area (Å²) in [6.45, 7) is 6.85. The molecule has 0 saturated carbocycles. The van der Waals surface area contributed by atoms with Crippen LogP contribution >= 0.6 is 0 Å². The number of nitrogens with zero attached hydrogens (tertiary/aromatic N) is 5. The SMILES string of the molecule is Cc1nc(NC2CCN(C(=O)CCCN3CCN(c4ccc(C(F)(F)F)cc4)CC3)CC2)ccc1[N+](=O)[O-]. The van der Waals surface area contributed by atoms with Crippen molar-refractivity contribution in [2.24, 2.45) is 0 Å². The number of carbonyl (C=O) groups is 1. The summed E-state index contributed by atoms with van der Waals surface area (Å²) in [6, 6.07) is 8.54. The lowest BCUT2D eigenvalue weighted by Crippen LogP contribution is -2.47. The normalized spacial score (nSPS) is 17.5. The van der Waals surface area contributed by atoms with Crippen LogP contribution in [0.4, 0.5) is 30.4 Å². The number of nitrogens with one attached hydrogen (secondary N) is 1. The number of amides is 1. The fourth-order valence-corrected chi connectivity index (χ4v) is 5.01. The molecule has 1 amide bonds. The van der Waals surface area contributed by atoms with Gasteiger partial charge in [0.05, 0.1) is 10.5 Å². The van der Waals surface area contributed by atoms with E-state index in [1.807, 2.05) is 4.90 Å². The van der Waals surface area contributed by atoms with Crippen molar-refractivity contribution < 1.29 is 22.9 Å². The Bertz CT molecular complexity index is 1110. The molecule has 12 heteroatoms. The molecular formula is C26H33F3N6O3. The van der Waals surface area contributed by atoms with E-state index in [1.54, 1.807) is 13.0 Å². The minimum atomic E-state index is -4.33. The molecule has 0 bridgehead atoms. The number of benzene rings is 1. The first-order valence-corrected chi connectivity index (χ1v) is 12.9. The van der Waals surface area contributed by atoms with E-state index >= 15 is 0 Å². The van der Waals surface area contributed by atoms with Crippen LogP contribution in [0.25, 0.3) is 0 Å². The summed E-state index contributed by atoms with van der Waals surface area (Å²) >= 11 is 0. The summed E-state index contributed by atoms with van der Waals surface area (Å²) in [5, 5.41) is 14.3. The maximum atomic E-state index is 12.8. The Hall–Kier alpha value is -3.41. The van der Waals surface area contributed by atoms with E-state index in [-0.39, 0.29) is 17.6 Å². The zero-order valence-electron chi connectivity index (χ0n) is 21.4. The first-order valence-electron chi connectivity index (χ1n) is 12.9. The fourth-order valence-electron chi connectivity index (χ4n) is 5.01. The summed E-state index contributed by atoms with van der Waals surface area (Å²) in [5.41, 5.74) is 0.525. The fraction of sp³-hybridized carbons (Fsp3) is 0.538. The number of piperidine rings is 1. The van der Waals surface area contributed by atoms with E-state index in [0.717, 1.165) is 69.8 Å². The van der Waals surface area contributed by atoms with E-state index in [9.17, 15) is 28.1 Å². The highest BCUT2D eigenvalue weighted by atomic mass is 19.4. The van der Waals surface area contributed by atoms with Gasteiger partial charge in [-0.1, -0.05) is 0 Å². The van der Waals surface area contributed by atoms with Crippen LogP contribution in [0.3, 0.4) is 0 Å². The molecule has 2 saturated heterocycles. The number of rotatable bonds is 8. The average Bonchev–Trinajstić information content (AvgIpc) is 2.89. The molecule has 206 valence electrons. The van der Waals surface area contributed by atoms with Gasteiger partial charge in [-0.15, -0.1) is 0 Å². The van der Waals surface area contributed by atoms with Gasteiger partial charge < -0.3 is 15.1 Å². The highest BCUT2D eigenvalue weighted by Gasteiger charge is 2.30. The van der Waals surface area contributed by atoms with Gasteiger partial charge in [0.15, 0.2) is 0 Å². The number of likely N-dealkylation sites (tertiary alicyclic amines) is 1. The number of piperazine rings is 1. The standard InChI is InChI=1S/C26H33F3N6O3/c1-19-23(35(37)38)8-9-24(30-19)31-21-10-13-34(14-11-21)25(36)3-2-12-32-15-17-33(18-16-32)22-6-4-20(5-7-22)26(27,28)29/h4-9,21H,2-3,10-18H2,1H3,(H,30,31). The number of alkyl halides is 3. The van der Waals surface area contributed by atoms with Crippen molar-refractivity contribution in [1.29, 1.82) is 0 Å². The van der Waals surface area contributed by atoms with Crippen LogP contribution in [0.2, 0.25) is 0 Å². The third-order valence-corrected chi connectivity index (χ3v) is 7.25. The highest BCUT2D eigenvalue weighted by Crippen LogP contribution is 2.30. The third-order valence-electron chi connectivity index (χ3n) is 7.25. The first-order chi connectivity index (χ1) is 18.1. The monoisotopic (exact) mass is 534 g/mol. The largest absolute Gasteiger partial charge is 0.416 e. The number of hydrogen-bond acceptors (Lipinski definition) is 7. The van der Waals surface area contributed by atoms with Crippen LogP contribution < -0.4 is 10.2 Å². The lowest BCUT2D eigenvalue weighted by Gasteiger charge is -2.36. The molecule has 0 atom stereocenters. The molecule has 3 heterocycles. The quantitative estimate of drug-likeness (QED) is 0.398. The van der Waals surface area contributed by atoms with Gasteiger partial charge in [0, 0.05) is 63.5 Å². The van der Waals surface area contributed by atoms with Gasteiger partial charge in [0.1, 0.15) is 11.5 Å². The molecule has 0 unspecified atom stereocenters. The molecule has 0 radical (unpaired) electrons. The third kappa shape index (κ3) is 7.12. The van der Waals surface area contributed by atoms with Crippen molar-refractivity contribution in [2.75, 3.05) is 56.0 Å². The number of carbonyl (C=O) groups excluding carboxylic acids is 1. The second-order valence-corrected chi connectivity index (χ2v) is 9.83. The number of anilines is 2. The number of halogens is 3. The number of aromatic nitrogens is 1. The van der Waals surface area contributed by atoms with Crippen molar-refractivity contribution in [1.82, 2.24) is 14.8 Å². The topological polar surface area (TPSA) is 94.9 Å². The van der Waals surface area contributed by atoms with Gasteiger partial charge in [0.2, 0.25) is 5.91 Å². The van der Waals surface area contributed by atoms with Crippen LogP contribution in [0.1, 0.15) is 36.9 Å². The molecule has 1 aromatic heterocycles. The van der Waals surface area contributed by atoms with Crippen LogP contribution in [0.5, 0.6) is 0 Å². The highest BCUT2D eigenvalue weighted by molar-refractivity contribution is 5.76. The number of pyridine rings is 1. The minimum absolute atomic E-state index is 0.00278. The molecule has 0 spiro atoms. The van der Waals surface area contributed by atoms with E-state index in [1.165, 1.54) is 18.2 Å². The molecule has 2 aromatic rings. The second kappa shape index (κ2) is 12.0. The number of hydrogen-bond donors (Lipinski definition) is 1. The van der Waals surface area contributed by atoms with Gasteiger partial charge >= 0.3 is 6.18 Å². The van der Waals surface area contributed by atoms with E-state index in [0.29, 0.717) is 31.0 Å². The molecule has 38 heavy (non-hydrogen) atoms. The van der Waals surface area contributed by atoms with Gasteiger partial charge in [-0.3, -0.25) is 19.8 Å². The Kier molecular flexibility index (Phi) is 8.70. The smallest absolute Gasteiger partial charge is 0.369 e. The average molecular weight is 535 g/mol.